The van der Waals surface area contributed by atoms with E-state index in [1.807, 2.05) is 4.90 Å². The van der Waals surface area contributed by atoms with Crippen molar-refractivity contribution in [1.29, 1.82) is 0 Å². The minimum atomic E-state index is -0.280. The molecule has 2 aliphatic heterocycles. The van der Waals surface area contributed by atoms with E-state index in [1.54, 1.807) is 11.8 Å². The molecule has 0 saturated carbocycles. The zero-order chi connectivity index (χ0) is 17.8. The van der Waals surface area contributed by atoms with Crippen molar-refractivity contribution in [2.45, 2.75) is 32.7 Å². The highest BCUT2D eigenvalue weighted by Gasteiger charge is 2.28. The Morgan fingerprint density at radius 2 is 1.80 bits per heavy atom. The molecule has 1 atom stereocenters. The van der Waals surface area contributed by atoms with Crippen molar-refractivity contribution in [2.75, 3.05) is 44.2 Å². The van der Waals surface area contributed by atoms with E-state index in [0.29, 0.717) is 45.2 Å². The van der Waals surface area contributed by atoms with Crippen molar-refractivity contribution in [2.24, 2.45) is 0 Å². The van der Waals surface area contributed by atoms with Gasteiger partial charge in [0, 0.05) is 50.9 Å². The monoisotopic (exact) mass is 345 g/mol. The Kier molecular flexibility index (Phi) is 5.46. The number of carbonyl (C=O) groups is 2. The lowest BCUT2D eigenvalue weighted by Gasteiger charge is -2.34. The molecule has 2 amide bonds. The van der Waals surface area contributed by atoms with Gasteiger partial charge in [-0.15, -0.1) is 0 Å². The molecule has 6 nitrogen and oxygen atoms in total. The Morgan fingerprint density at radius 1 is 1.12 bits per heavy atom. The second kappa shape index (κ2) is 7.76. The lowest BCUT2D eigenvalue weighted by Crippen LogP contribution is -2.51. The van der Waals surface area contributed by atoms with Crippen LogP contribution in [0.5, 0.6) is 0 Å². The number of anilines is 1. The van der Waals surface area contributed by atoms with Crippen molar-refractivity contribution >= 4 is 17.7 Å². The number of hydrogen-bond donors (Lipinski definition) is 0. The van der Waals surface area contributed by atoms with Crippen LogP contribution in [0.15, 0.2) is 24.3 Å². The van der Waals surface area contributed by atoms with Gasteiger partial charge in [0.15, 0.2) is 0 Å². The van der Waals surface area contributed by atoms with Crippen molar-refractivity contribution in [3.05, 3.63) is 29.8 Å². The molecule has 1 saturated heterocycles. The van der Waals surface area contributed by atoms with Crippen molar-refractivity contribution in [3.8, 4) is 0 Å². The maximum Gasteiger partial charge on any atom is 0.409 e. The molecule has 1 aromatic carbocycles. The molecule has 0 N–H and O–H groups in total. The smallest absolute Gasteiger partial charge is 0.409 e. The van der Waals surface area contributed by atoms with E-state index in [2.05, 4.69) is 36.1 Å². The molecule has 2 aliphatic rings. The average Bonchev–Trinajstić information content (AvgIpc) is 2.95. The number of benzene rings is 1. The Morgan fingerprint density at radius 3 is 2.52 bits per heavy atom. The number of hydrogen-bond acceptors (Lipinski definition) is 4. The number of carbonyl (C=O) groups excluding carboxylic acids is 2. The summed E-state index contributed by atoms with van der Waals surface area (Å²) >= 11 is 0. The summed E-state index contributed by atoms with van der Waals surface area (Å²) < 4.78 is 5.01. The summed E-state index contributed by atoms with van der Waals surface area (Å²) in [4.78, 5) is 30.1. The summed E-state index contributed by atoms with van der Waals surface area (Å²) in [6.45, 7) is 7.41. The summed E-state index contributed by atoms with van der Waals surface area (Å²) in [7, 11) is 0. The number of amides is 2. The van der Waals surface area contributed by atoms with Gasteiger partial charge in [0.25, 0.3) is 0 Å². The zero-order valence-corrected chi connectivity index (χ0v) is 15.1. The third-order valence-electron chi connectivity index (χ3n) is 5.07. The number of ether oxygens (including phenoxy) is 1. The normalized spacial score (nSPS) is 19.8. The Hall–Kier alpha value is -2.24. The predicted octanol–water partition coefficient (Wildman–Crippen LogP) is 2.13. The highest BCUT2D eigenvalue weighted by Crippen LogP contribution is 2.31. The second-order valence-corrected chi connectivity index (χ2v) is 6.69. The molecule has 1 fully saturated rings. The van der Waals surface area contributed by atoms with Crippen molar-refractivity contribution < 1.29 is 14.3 Å². The molecule has 0 spiro atoms. The summed E-state index contributed by atoms with van der Waals surface area (Å²) in [6.07, 6.45) is 1.28. The van der Waals surface area contributed by atoms with Crippen molar-refractivity contribution in [3.63, 3.8) is 0 Å². The fourth-order valence-electron chi connectivity index (χ4n) is 3.70. The topological polar surface area (TPSA) is 53.1 Å². The molecule has 6 heteroatoms. The fourth-order valence-corrected chi connectivity index (χ4v) is 3.70. The van der Waals surface area contributed by atoms with E-state index in [0.717, 1.165) is 13.0 Å². The van der Waals surface area contributed by atoms with E-state index >= 15 is 0 Å². The number of nitrogens with zero attached hydrogens (tertiary/aromatic N) is 3. The van der Waals surface area contributed by atoms with Gasteiger partial charge in [0.1, 0.15) is 0 Å². The lowest BCUT2D eigenvalue weighted by molar-refractivity contribution is -0.132. The lowest BCUT2D eigenvalue weighted by atomic mass is 10.1. The highest BCUT2D eigenvalue weighted by molar-refractivity contribution is 5.77. The first-order valence-electron chi connectivity index (χ1n) is 9.14. The van der Waals surface area contributed by atoms with Crippen molar-refractivity contribution in [1.82, 2.24) is 9.80 Å². The van der Waals surface area contributed by atoms with Crippen LogP contribution in [0.4, 0.5) is 10.5 Å². The van der Waals surface area contributed by atoms with Gasteiger partial charge in [-0.25, -0.2) is 4.79 Å². The van der Waals surface area contributed by atoms with Gasteiger partial charge in [0.2, 0.25) is 5.91 Å². The Balaban J connectivity index is 1.48. The average molecular weight is 345 g/mol. The standard InChI is InChI=1S/C19H27N3O3/c1-3-25-19(24)21-12-10-20(11-13-21)18(23)8-9-22-15(2)14-16-6-4-5-7-17(16)22/h4-7,15H,3,8-14H2,1-2H3. The van der Waals surface area contributed by atoms with Gasteiger partial charge >= 0.3 is 6.09 Å². The number of para-hydroxylation sites is 1. The van der Waals surface area contributed by atoms with Gasteiger partial charge in [-0.3, -0.25) is 4.79 Å². The molecule has 3 rings (SSSR count). The third-order valence-corrected chi connectivity index (χ3v) is 5.07. The van der Waals surface area contributed by atoms with Crippen LogP contribution in [-0.2, 0) is 16.0 Å². The zero-order valence-electron chi connectivity index (χ0n) is 15.1. The predicted molar refractivity (Wildman–Crippen MR) is 96.7 cm³/mol. The maximum absolute atomic E-state index is 12.5. The first kappa shape index (κ1) is 17.6. The van der Waals surface area contributed by atoms with E-state index < -0.39 is 0 Å². The molecule has 0 aliphatic carbocycles. The number of piperazine rings is 1. The molecule has 0 radical (unpaired) electrons. The minimum absolute atomic E-state index is 0.167. The summed E-state index contributed by atoms with van der Waals surface area (Å²) in [5.41, 5.74) is 2.63. The summed E-state index contributed by atoms with van der Waals surface area (Å²) in [5.74, 6) is 0.167. The molecule has 136 valence electrons. The molecule has 2 heterocycles. The number of fused-ring (bicyclic) bond motifs is 1. The van der Waals surface area contributed by atoms with Crippen LogP contribution >= 0.6 is 0 Å². The Labute approximate surface area is 149 Å². The first-order valence-corrected chi connectivity index (χ1v) is 9.14. The van der Waals surface area contributed by atoms with Crippen LogP contribution in [0.1, 0.15) is 25.8 Å². The van der Waals surface area contributed by atoms with Gasteiger partial charge in [-0.05, 0) is 31.9 Å². The molecular weight excluding hydrogens is 318 g/mol. The van der Waals surface area contributed by atoms with Crippen LogP contribution in [0.2, 0.25) is 0 Å². The van der Waals surface area contributed by atoms with E-state index in [-0.39, 0.29) is 12.0 Å². The molecular formula is C19H27N3O3. The molecule has 0 bridgehead atoms. The van der Waals surface area contributed by atoms with Gasteiger partial charge < -0.3 is 19.4 Å². The second-order valence-electron chi connectivity index (χ2n) is 6.69. The van der Waals surface area contributed by atoms with E-state index in [1.165, 1.54) is 11.3 Å². The van der Waals surface area contributed by atoms with Crippen LogP contribution in [-0.4, -0.2) is 67.2 Å². The van der Waals surface area contributed by atoms with E-state index in [4.69, 9.17) is 4.74 Å². The van der Waals surface area contributed by atoms with Crippen LogP contribution in [0.25, 0.3) is 0 Å². The first-order chi connectivity index (χ1) is 12.1. The molecule has 1 unspecified atom stereocenters. The molecule has 0 aromatic heterocycles. The number of rotatable bonds is 4. The van der Waals surface area contributed by atoms with E-state index in [9.17, 15) is 9.59 Å². The summed E-state index contributed by atoms with van der Waals surface area (Å²) in [5, 5.41) is 0. The third kappa shape index (κ3) is 3.89. The highest BCUT2D eigenvalue weighted by atomic mass is 16.6. The van der Waals surface area contributed by atoms with Crippen LogP contribution in [0.3, 0.4) is 0 Å². The quantitative estimate of drug-likeness (QED) is 0.839. The minimum Gasteiger partial charge on any atom is -0.450 e. The summed E-state index contributed by atoms with van der Waals surface area (Å²) in [6, 6.07) is 8.87. The van der Waals surface area contributed by atoms with Crippen LogP contribution in [0, 0.1) is 0 Å². The largest absolute Gasteiger partial charge is 0.450 e. The van der Waals surface area contributed by atoms with Gasteiger partial charge in [-0.1, -0.05) is 18.2 Å². The fraction of sp³-hybridized carbons (Fsp3) is 0.579. The SMILES string of the molecule is CCOC(=O)N1CCN(C(=O)CCN2c3ccccc3CC2C)CC1. The van der Waals surface area contributed by atoms with Crippen LogP contribution < -0.4 is 4.90 Å². The molecule has 25 heavy (non-hydrogen) atoms. The maximum atomic E-state index is 12.5. The molecule has 1 aromatic rings. The Bertz CT molecular complexity index is 626. The van der Waals surface area contributed by atoms with Gasteiger partial charge in [-0.2, -0.15) is 0 Å². The van der Waals surface area contributed by atoms with Gasteiger partial charge in [0.05, 0.1) is 6.61 Å².